The minimum absolute atomic E-state index is 0.0573. The predicted octanol–water partition coefficient (Wildman–Crippen LogP) is 3.93. The first-order chi connectivity index (χ1) is 15.7. The van der Waals surface area contributed by atoms with Crippen LogP contribution in [-0.4, -0.2) is 32.3 Å². The molecule has 1 aromatic carbocycles. The van der Waals surface area contributed by atoms with Gasteiger partial charge in [-0.15, -0.1) is 0 Å². The summed E-state index contributed by atoms with van der Waals surface area (Å²) in [5.41, 5.74) is 7.41. The van der Waals surface area contributed by atoms with Crippen LogP contribution in [0.25, 0.3) is 16.8 Å². The van der Waals surface area contributed by atoms with Gasteiger partial charge in [0.15, 0.2) is 0 Å². The fourth-order valence-corrected chi connectivity index (χ4v) is 3.37. The van der Waals surface area contributed by atoms with Crippen LogP contribution in [0.2, 0.25) is 0 Å². The number of nitrogens with one attached hydrogen (secondary N) is 2. The van der Waals surface area contributed by atoms with Crippen LogP contribution in [0.15, 0.2) is 55.0 Å². The first kappa shape index (κ1) is 22.2. The molecule has 0 saturated heterocycles. The zero-order chi connectivity index (χ0) is 23.8. The number of fused-ring (bicyclic) bond motifs is 1. The number of carbonyl (C=O) groups is 1. The van der Waals surface area contributed by atoms with Crippen LogP contribution in [0.5, 0.6) is 0 Å². The molecule has 170 valence electrons. The number of pyridine rings is 1. The first-order valence-electron chi connectivity index (χ1n) is 9.93. The Bertz CT molecular complexity index is 1320. The molecule has 0 aliphatic heterocycles. The Morgan fingerprint density at radius 3 is 2.52 bits per heavy atom. The number of amides is 1. The van der Waals surface area contributed by atoms with Gasteiger partial charge in [0.2, 0.25) is 0 Å². The van der Waals surface area contributed by atoms with Gasteiger partial charge in [0, 0.05) is 29.7 Å². The highest BCUT2D eigenvalue weighted by Gasteiger charge is 2.31. The van der Waals surface area contributed by atoms with Crippen molar-refractivity contribution in [3.8, 4) is 11.3 Å². The molecule has 0 aliphatic rings. The van der Waals surface area contributed by atoms with Crippen LogP contribution in [0.1, 0.15) is 34.7 Å². The summed E-state index contributed by atoms with van der Waals surface area (Å²) < 4.78 is 40.5. The van der Waals surface area contributed by atoms with E-state index in [2.05, 4.69) is 20.6 Å². The normalized spacial score (nSPS) is 12.6. The number of nitrogens with zero attached hydrogens (tertiary/aromatic N) is 4. The Morgan fingerprint density at radius 1 is 1.12 bits per heavy atom. The Kier molecular flexibility index (Phi) is 5.73. The molecule has 0 fully saturated rings. The molecule has 4 aromatic rings. The third-order valence-corrected chi connectivity index (χ3v) is 5.18. The standard InChI is InChI=1S/C22H20F3N7O/c1-12(27-2)20-31-17(18-19(26)29-9-10-32(18)20)13-3-5-14(6-4-13)21(33)30-16-11-15(7-8-28-16)22(23,24)25/h3-12,27H,1-2H3,(H2,26,29)(H,28,30,33)/t12-/m0/s1. The minimum Gasteiger partial charge on any atom is -0.382 e. The lowest BCUT2D eigenvalue weighted by molar-refractivity contribution is -0.137. The predicted molar refractivity (Wildman–Crippen MR) is 118 cm³/mol. The fourth-order valence-electron chi connectivity index (χ4n) is 3.37. The molecule has 0 aliphatic carbocycles. The summed E-state index contributed by atoms with van der Waals surface area (Å²) in [6.45, 7) is 1.96. The maximum Gasteiger partial charge on any atom is 0.416 e. The van der Waals surface area contributed by atoms with Gasteiger partial charge in [0.05, 0.1) is 11.6 Å². The van der Waals surface area contributed by atoms with Crippen molar-refractivity contribution in [1.82, 2.24) is 24.7 Å². The van der Waals surface area contributed by atoms with E-state index in [1.807, 2.05) is 18.4 Å². The zero-order valence-electron chi connectivity index (χ0n) is 17.7. The van der Waals surface area contributed by atoms with E-state index >= 15 is 0 Å². The van der Waals surface area contributed by atoms with Crippen LogP contribution >= 0.6 is 0 Å². The molecule has 0 unspecified atom stereocenters. The number of nitrogen functional groups attached to an aromatic ring is 1. The topological polar surface area (TPSA) is 110 Å². The number of nitrogens with two attached hydrogens (primary N) is 1. The summed E-state index contributed by atoms with van der Waals surface area (Å²) in [5.74, 6) is 0.276. The number of benzene rings is 1. The van der Waals surface area contributed by atoms with Crippen molar-refractivity contribution in [2.75, 3.05) is 18.1 Å². The van der Waals surface area contributed by atoms with Crippen LogP contribution in [0.3, 0.4) is 0 Å². The van der Waals surface area contributed by atoms with E-state index in [-0.39, 0.29) is 17.4 Å². The molecule has 3 heterocycles. The lowest BCUT2D eigenvalue weighted by Gasteiger charge is -2.09. The number of rotatable bonds is 5. The number of carbonyl (C=O) groups excluding carboxylic acids is 1. The molecular formula is C22H20F3N7O. The van der Waals surface area contributed by atoms with Gasteiger partial charge in [0.25, 0.3) is 5.91 Å². The monoisotopic (exact) mass is 455 g/mol. The molecule has 3 aromatic heterocycles. The highest BCUT2D eigenvalue weighted by Crippen LogP contribution is 2.31. The Morgan fingerprint density at radius 2 is 1.85 bits per heavy atom. The second-order valence-corrected chi connectivity index (χ2v) is 7.32. The van der Waals surface area contributed by atoms with Gasteiger partial charge < -0.3 is 16.4 Å². The van der Waals surface area contributed by atoms with E-state index in [1.54, 1.807) is 36.7 Å². The molecule has 0 saturated carbocycles. The molecule has 11 heteroatoms. The number of aromatic nitrogens is 4. The van der Waals surface area contributed by atoms with Crippen molar-refractivity contribution in [2.24, 2.45) is 0 Å². The van der Waals surface area contributed by atoms with Crippen molar-refractivity contribution >= 4 is 23.1 Å². The quantitative estimate of drug-likeness (QED) is 0.421. The van der Waals surface area contributed by atoms with Crippen molar-refractivity contribution in [3.05, 3.63) is 71.9 Å². The van der Waals surface area contributed by atoms with Crippen LogP contribution in [-0.2, 0) is 6.18 Å². The summed E-state index contributed by atoms with van der Waals surface area (Å²) in [6, 6.07) is 8.05. The van der Waals surface area contributed by atoms with Crippen molar-refractivity contribution in [3.63, 3.8) is 0 Å². The molecule has 1 amide bonds. The number of imidazole rings is 1. The summed E-state index contributed by atoms with van der Waals surface area (Å²) in [7, 11) is 1.82. The van der Waals surface area contributed by atoms with E-state index in [4.69, 9.17) is 10.7 Å². The van der Waals surface area contributed by atoms with Gasteiger partial charge in [-0.3, -0.25) is 9.20 Å². The van der Waals surface area contributed by atoms with Crippen molar-refractivity contribution < 1.29 is 18.0 Å². The van der Waals surface area contributed by atoms with Gasteiger partial charge in [0.1, 0.15) is 28.7 Å². The van der Waals surface area contributed by atoms with Crippen molar-refractivity contribution in [2.45, 2.75) is 19.1 Å². The number of hydrogen-bond acceptors (Lipinski definition) is 6. The Balaban J connectivity index is 1.63. The third kappa shape index (κ3) is 4.35. The lowest BCUT2D eigenvalue weighted by Crippen LogP contribution is -2.15. The van der Waals surface area contributed by atoms with E-state index in [0.717, 1.165) is 24.2 Å². The largest absolute Gasteiger partial charge is 0.416 e. The van der Waals surface area contributed by atoms with Gasteiger partial charge in [-0.1, -0.05) is 12.1 Å². The van der Waals surface area contributed by atoms with E-state index < -0.39 is 17.6 Å². The van der Waals surface area contributed by atoms with Gasteiger partial charge in [-0.25, -0.2) is 15.0 Å². The molecule has 0 bridgehead atoms. The van der Waals surface area contributed by atoms with Crippen molar-refractivity contribution in [1.29, 1.82) is 0 Å². The average Bonchev–Trinajstić information content (AvgIpc) is 3.19. The summed E-state index contributed by atoms with van der Waals surface area (Å²) in [4.78, 5) is 25.2. The number of hydrogen-bond donors (Lipinski definition) is 3. The SMILES string of the molecule is CN[C@@H](C)c1nc(-c2ccc(C(=O)Nc3cc(C(F)(F)F)ccn3)cc2)c2c(N)nccn12. The zero-order valence-corrected chi connectivity index (χ0v) is 17.7. The Hall–Kier alpha value is -3.99. The highest BCUT2D eigenvalue weighted by molar-refractivity contribution is 6.04. The summed E-state index contributed by atoms with van der Waals surface area (Å²) >= 11 is 0. The highest BCUT2D eigenvalue weighted by atomic mass is 19.4. The smallest absolute Gasteiger partial charge is 0.382 e. The number of alkyl halides is 3. The average molecular weight is 455 g/mol. The molecule has 0 radical (unpaired) electrons. The Labute approximate surface area is 186 Å². The molecule has 33 heavy (non-hydrogen) atoms. The lowest BCUT2D eigenvalue weighted by atomic mass is 10.1. The molecule has 8 nitrogen and oxygen atoms in total. The van der Waals surface area contributed by atoms with Crippen LogP contribution in [0.4, 0.5) is 24.8 Å². The maximum atomic E-state index is 12.9. The minimum atomic E-state index is -4.53. The van der Waals surface area contributed by atoms with E-state index in [9.17, 15) is 18.0 Å². The van der Waals surface area contributed by atoms with Gasteiger partial charge in [-0.2, -0.15) is 13.2 Å². The van der Waals surface area contributed by atoms with Gasteiger partial charge >= 0.3 is 6.18 Å². The van der Waals surface area contributed by atoms with E-state index in [1.165, 1.54) is 0 Å². The molecular weight excluding hydrogens is 435 g/mol. The summed E-state index contributed by atoms with van der Waals surface area (Å²) in [6.07, 6.45) is -0.171. The molecule has 1 atom stereocenters. The third-order valence-electron chi connectivity index (χ3n) is 5.18. The molecule has 0 spiro atoms. The summed E-state index contributed by atoms with van der Waals surface area (Å²) in [5, 5.41) is 5.53. The number of anilines is 2. The van der Waals surface area contributed by atoms with E-state index in [0.29, 0.717) is 22.6 Å². The van der Waals surface area contributed by atoms with Crippen LogP contribution in [0, 0.1) is 0 Å². The molecule has 4 N–H and O–H groups in total. The maximum absolute atomic E-state index is 12.9. The number of halogens is 3. The first-order valence-corrected chi connectivity index (χ1v) is 9.93. The van der Waals surface area contributed by atoms with Crippen LogP contribution < -0.4 is 16.4 Å². The second-order valence-electron chi connectivity index (χ2n) is 7.32. The second kappa shape index (κ2) is 8.51. The van der Waals surface area contributed by atoms with Gasteiger partial charge in [-0.05, 0) is 38.2 Å². The fraction of sp³-hybridized carbons (Fsp3) is 0.182. The molecule has 4 rings (SSSR count).